The van der Waals surface area contributed by atoms with Crippen molar-refractivity contribution in [3.8, 4) is 11.8 Å². The van der Waals surface area contributed by atoms with E-state index in [0.29, 0.717) is 17.3 Å². The van der Waals surface area contributed by atoms with Crippen LogP contribution in [0.15, 0.2) is 65.2 Å². The van der Waals surface area contributed by atoms with E-state index >= 15 is 0 Å². The van der Waals surface area contributed by atoms with Crippen LogP contribution in [0.4, 0.5) is 4.39 Å². The average molecular weight is 386 g/mol. The van der Waals surface area contributed by atoms with Crippen LogP contribution in [-0.4, -0.2) is 25.4 Å². The smallest absolute Gasteiger partial charge is 0.351 e. The predicted molar refractivity (Wildman–Crippen MR) is 102 cm³/mol. The number of nitriles is 1. The number of thioether (sulfide) groups is 1. The highest BCUT2D eigenvalue weighted by molar-refractivity contribution is 8.02. The van der Waals surface area contributed by atoms with Gasteiger partial charge in [-0.05, 0) is 36.1 Å². The molecule has 0 aliphatic carbocycles. The summed E-state index contributed by atoms with van der Waals surface area (Å²) in [6.45, 7) is 0.566. The summed E-state index contributed by atoms with van der Waals surface area (Å²) >= 11 is 1.23. The van der Waals surface area contributed by atoms with Crippen LogP contribution in [0.2, 0.25) is 0 Å². The van der Waals surface area contributed by atoms with Crippen LogP contribution in [0.5, 0.6) is 5.75 Å². The van der Waals surface area contributed by atoms with Gasteiger partial charge < -0.3 is 14.8 Å². The summed E-state index contributed by atoms with van der Waals surface area (Å²) in [6, 6.07) is 17.0. The van der Waals surface area contributed by atoms with Crippen LogP contribution in [-0.2, 0) is 16.1 Å². The Kier molecular flexibility index (Phi) is 8.20. The summed E-state index contributed by atoms with van der Waals surface area (Å²) in [5.41, 5.74) is 0.717. The second-order valence-corrected chi connectivity index (χ2v) is 6.11. The molecule has 140 valence electrons. The molecule has 0 amide bonds. The molecule has 0 aromatic heterocycles. The van der Waals surface area contributed by atoms with Crippen molar-refractivity contribution >= 4 is 17.7 Å². The first-order chi connectivity index (χ1) is 13.1. The van der Waals surface area contributed by atoms with Crippen molar-refractivity contribution in [2.24, 2.45) is 0 Å². The number of hydrogen-bond donors (Lipinski definition) is 1. The van der Waals surface area contributed by atoms with Crippen molar-refractivity contribution in [1.82, 2.24) is 5.32 Å². The van der Waals surface area contributed by atoms with Gasteiger partial charge in [0.05, 0.1) is 5.03 Å². The lowest BCUT2D eigenvalue weighted by Crippen LogP contribution is -2.19. The van der Waals surface area contributed by atoms with E-state index < -0.39 is 5.97 Å². The van der Waals surface area contributed by atoms with E-state index in [4.69, 9.17) is 9.47 Å². The molecule has 0 spiro atoms. The van der Waals surface area contributed by atoms with Crippen molar-refractivity contribution in [3.63, 3.8) is 0 Å². The zero-order valence-electron chi connectivity index (χ0n) is 14.8. The molecule has 2 rings (SSSR count). The monoisotopic (exact) mass is 386 g/mol. The van der Waals surface area contributed by atoms with E-state index in [1.807, 2.05) is 24.3 Å². The molecule has 7 heteroatoms. The average Bonchev–Trinajstić information content (AvgIpc) is 2.70. The van der Waals surface area contributed by atoms with Crippen molar-refractivity contribution in [1.29, 1.82) is 5.26 Å². The number of nitrogens with zero attached hydrogens (tertiary/aromatic N) is 1. The molecule has 0 aliphatic heterocycles. The molecule has 0 radical (unpaired) electrons. The summed E-state index contributed by atoms with van der Waals surface area (Å²) in [7, 11) is 0. The molecule has 27 heavy (non-hydrogen) atoms. The number of halogens is 1. The van der Waals surface area contributed by atoms with Crippen LogP contribution < -0.4 is 10.1 Å². The lowest BCUT2D eigenvalue weighted by molar-refractivity contribution is -0.139. The lowest BCUT2D eigenvalue weighted by atomic mass is 10.2. The third-order valence-electron chi connectivity index (χ3n) is 3.44. The Labute approximate surface area is 161 Å². The van der Waals surface area contributed by atoms with Crippen molar-refractivity contribution in [3.05, 3.63) is 76.6 Å². The number of carbonyl (C=O) groups excluding carboxylic acids is 1. The van der Waals surface area contributed by atoms with Gasteiger partial charge in [0.1, 0.15) is 30.8 Å². The molecule has 2 aromatic rings. The molecule has 0 aliphatic rings. The van der Waals surface area contributed by atoms with Gasteiger partial charge in [0, 0.05) is 6.54 Å². The fraction of sp³-hybridized carbons (Fsp3) is 0.200. The zero-order valence-corrected chi connectivity index (χ0v) is 15.6. The van der Waals surface area contributed by atoms with E-state index in [9.17, 15) is 14.4 Å². The van der Waals surface area contributed by atoms with Gasteiger partial charge >= 0.3 is 5.97 Å². The topological polar surface area (TPSA) is 71.4 Å². The summed E-state index contributed by atoms with van der Waals surface area (Å²) in [4.78, 5) is 12.2. The Balaban J connectivity index is 1.89. The normalized spacial score (nSPS) is 11.1. The number of ether oxygens (including phenoxy) is 2. The van der Waals surface area contributed by atoms with Gasteiger partial charge in [-0.2, -0.15) is 5.26 Å². The molecule has 0 bridgehead atoms. The minimum Gasteiger partial charge on any atom is -0.490 e. The van der Waals surface area contributed by atoms with Crippen molar-refractivity contribution < 1.29 is 18.7 Å². The molecule has 0 saturated heterocycles. The summed E-state index contributed by atoms with van der Waals surface area (Å²) in [5, 5.41) is 12.7. The highest BCUT2D eigenvalue weighted by atomic mass is 32.2. The standard InChI is InChI=1S/C20H19FN2O3S/c1-27-19(23-14-15-7-9-16(21)10-8-15)18(13-22)20(24)26-12-11-25-17-5-3-2-4-6-17/h2-10,23H,11-12,14H2,1H3/b19-18+. The summed E-state index contributed by atoms with van der Waals surface area (Å²) in [6.07, 6.45) is 1.75. The Morgan fingerprint density at radius 3 is 2.48 bits per heavy atom. The number of benzene rings is 2. The Morgan fingerprint density at radius 1 is 1.15 bits per heavy atom. The first-order valence-electron chi connectivity index (χ1n) is 8.15. The fourth-order valence-corrected chi connectivity index (χ4v) is 2.67. The number of hydrogen-bond acceptors (Lipinski definition) is 6. The number of esters is 1. The van der Waals surface area contributed by atoms with E-state index in [1.165, 1.54) is 23.9 Å². The minimum atomic E-state index is -0.717. The van der Waals surface area contributed by atoms with E-state index in [2.05, 4.69) is 5.32 Å². The zero-order chi connectivity index (χ0) is 19.5. The molecule has 1 N–H and O–H groups in total. The van der Waals surface area contributed by atoms with Crippen LogP contribution in [0, 0.1) is 17.1 Å². The van der Waals surface area contributed by atoms with Crippen LogP contribution in [0.1, 0.15) is 5.56 Å². The van der Waals surface area contributed by atoms with E-state index in [-0.39, 0.29) is 24.6 Å². The summed E-state index contributed by atoms with van der Waals surface area (Å²) in [5.74, 6) is -0.362. The van der Waals surface area contributed by atoms with Crippen LogP contribution in [0.25, 0.3) is 0 Å². The van der Waals surface area contributed by atoms with E-state index in [1.54, 1.807) is 30.5 Å². The number of nitrogens with one attached hydrogen (secondary N) is 1. The molecule has 0 unspecified atom stereocenters. The Hall–Kier alpha value is -2.98. The van der Waals surface area contributed by atoms with Gasteiger partial charge in [-0.3, -0.25) is 0 Å². The predicted octanol–water partition coefficient (Wildman–Crippen LogP) is 3.64. The maximum atomic E-state index is 12.9. The first-order valence-corrected chi connectivity index (χ1v) is 9.38. The minimum absolute atomic E-state index is 0.0263. The van der Waals surface area contributed by atoms with Crippen molar-refractivity contribution in [2.75, 3.05) is 19.5 Å². The third kappa shape index (κ3) is 6.68. The molecular formula is C20H19FN2O3S. The largest absolute Gasteiger partial charge is 0.490 e. The van der Waals surface area contributed by atoms with Gasteiger partial charge in [0.15, 0.2) is 5.57 Å². The van der Waals surface area contributed by atoms with Gasteiger partial charge in [-0.1, -0.05) is 30.3 Å². The van der Waals surface area contributed by atoms with Gasteiger partial charge in [0.25, 0.3) is 0 Å². The number of carbonyl (C=O) groups is 1. The maximum absolute atomic E-state index is 12.9. The lowest BCUT2D eigenvalue weighted by Gasteiger charge is -2.11. The molecule has 0 heterocycles. The fourth-order valence-electron chi connectivity index (χ4n) is 2.12. The Morgan fingerprint density at radius 2 is 1.85 bits per heavy atom. The molecule has 0 atom stereocenters. The van der Waals surface area contributed by atoms with Gasteiger partial charge in [-0.25, -0.2) is 9.18 Å². The summed E-state index contributed by atoms with van der Waals surface area (Å²) < 4.78 is 23.5. The van der Waals surface area contributed by atoms with Crippen LogP contribution >= 0.6 is 11.8 Å². The van der Waals surface area contributed by atoms with Gasteiger partial charge in [0.2, 0.25) is 0 Å². The van der Waals surface area contributed by atoms with Crippen molar-refractivity contribution in [2.45, 2.75) is 6.54 Å². The SMILES string of the molecule is CS/C(NCc1ccc(F)cc1)=C(\C#N)C(=O)OCCOc1ccccc1. The highest BCUT2D eigenvalue weighted by Gasteiger charge is 2.17. The molecule has 0 fully saturated rings. The molecule has 2 aromatic carbocycles. The number of rotatable bonds is 9. The Bertz CT molecular complexity index is 817. The molecular weight excluding hydrogens is 367 g/mol. The highest BCUT2D eigenvalue weighted by Crippen LogP contribution is 2.16. The maximum Gasteiger partial charge on any atom is 0.351 e. The molecule has 0 saturated carbocycles. The first kappa shape index (κ1) is 20.3. The third-order valence-corrected chi connectivity index (χ3v) is 4.20. The second kappa shape index (κ2) is 10.9. The van der Waals surface area contributed by atoms with E-state index in [0.717, 1.165) is 5.56 Å². The molecule has 5 nitrogen and oxygen atoms in total. The van der Waals surface area contributed by atoms with Crippen LogP contribution in [0.3, 0.4) is 0 Å². The van der Waals surface area contributed by atoms with Gasteiger partial charge in [-0.15, -0.1) is 11.8 Å². The second-order valence-electron chi connectivity index (χ2n) is 5.30. The quantitative estimate of drug-likeness (QED) is 0.307. The number of para-hydroxylation sites is 1.